The van der Waals surface area contributed by atoms with Crippen molar-refractivity contribution in [1.82, 2.24) is 9.80 Å². The predicted molar refractivity (Wildman–Crippen MR) is 101 cm³/mol. The number of ether oxygens (including phenoxy) is 1. The van der Waals surface area contributed by atoms with Crippen LogP contribution in [-0.2, 0) is 11.2 Å². The van der Waals surface area contributed by atoms with Crippen LogP contribution in [0.15, 0.2) is 33.5 Å². The van der Waals surface area contributed by atoms with Crippen molar-refractivity contribution >= 4 is 16.9 Å². The molecule has 0 aliphatic carbocycles. The van der Waals surface area contributed by atoms with Gasteiger partial charge in [-0.1, -0.05) is 6.92 Å². The summed E-state index contributed by atoms with van der Waals surface area (Å²) >= 11 is 0. The summed E-state index contributed by atoms with van der Waals surface area (Å²) in [5.74, 6) is 0.519. The van der Waals surface area contributed by atoms with Gasteiger partial charge in [-0.2, -0.15) is 0 Å². The van der Waals surface area contributed by atoms with E-state index in [2.05, 4.69) is 11.9 Å². The van der Waals surface area contributed by atoms with Crippen molar-refractivity contribution in [2.45, 2.75) is 32.8 Å². The number of nitrogens with zero attached hydrogens (tertiary/aromatic N) is 2. The summed E-state index contributed by atoms with van der Waals surface area (Å²) in [7, 11) is 2.07. The number of fused-ring (bicyclic) bond motifs is 1. The van der Waals surface area contributed by atoms with E-state index in [1.54, 1.807) is 13.0 Å². The molecule has 0 N–H and O–H groups in total. The van der Waals surface area contributed by atoms with Crippen LogP contribution in [0.1, 0.15) is 25.8 Å². The Morgan fingerprint density at radius 3 is 2.81 bits per heavy atom. The number of hydrogen-bond acceptors (Lipinski definition) is 5. The zero-order valence-electron chi connectivity index (χ0n) is 15.7. The fourth-order valence-corrected chi connectivity index (χ4v) is 3.35. The van der Waals surface area contributed by atoms with Crippen LogP contribution < -0.4 is 10.4 Å². The van der Waals surface area contributed by atoms with Crippen LogP contribution in [-0.4, -0.2) is 55.0 Å². The third-order valence-corrected chi connectivity index (χ3v) is 4.87. The van der Waals surface area contributed by atoms with Crippen molar-refractivity contribution < 1.29 is 13.9 Å². The van der Waals surface area contributed by atoms with Crippen LogP contribution in [0.5, 0.6) is 5.75 Å². The summed E-state index contributed by atoms with van der Waals surface area (Å²) in [6.45, 7) is 7.11. The van der Waals surface area contributed by atoms with E-state index in [4.69, 9.17) is 9.15 Å². The summed E-state index contributed by atoms with van der Waals surface area (Å²) in [6.07, 6.45) is 1.13. The molecule has 6 nitrogen and oxygen atoms in total. The number of carbonyl (C=O) groups excluding carboxylic acids is 1. The average molecular weight is 358 g/mol. The maximum Gasteiger partial charge on any atom is 0.336 e. The minimum absolute atomic E-state index is 0.0100. The minimum Gasteiger partial charge on any atom is -0.481 e. The standard InChI is InChI=1S/C20H26N2O4/c1-4-15-12-19(23)26-18-13-16(6-7-17(15)18)25-14(2)20(24)22-9-5-8-21(3)10-11-22/h6-7,12-14H,4-5,8-11H2,1-3H3. The lowest BCUT2D eigenvalue weighted by Crippen LogP contribution is -2.42. The molecular weight excluding hydrogens is 332 g/mol. The summed E-state index contributed by atoms with van der Waals surface area (Å²) in [5, 5.41) is 0.897. The van der Waals surface area contributed by atoms with Crippen LogP contribution in [0.4, 0.5) is 0 Å². The molecular formula is C20H26N2O4. The van der Waals surface area contributed by atoms with Crippen LogP contribution in [0.3, 0.4) is 0 Å². The lowest BCUT2D eigenvalue weighted by Gasteiger charge is -2.24. The quantitative estimate of drug-likeness (QED) is 0.785. The molecule has 0 saturated carbocycles. The zero-order valence-corrected chi connectivity index (χ0v) is 15.7. The van der Waals surface area contributed by atoms with Gasteiger partial charge in [0.2, 0.25) is 0 Å². The highest BCUT2D eigenvalue weighted by atomic mass is 16.5. The van der Waals surface area contributed by atoms with Crippen molar-refractivity contribution in [3.63, 3.8) is 0 Å². The lowest BCUT2D eigenvalue weighted by atomic mass is 10.1. The summed E-state index contributed by atoms with van der Waals surface area (Å²) in [5.41, 5.74) is 1.06. The smallest absolute Gasteiger partial charge is 0.336 e. The Morgan fingerprint density at radius 2 is 2.04 bits per heavy atom. The summed E-state index contributed by atoms with van der Waals surface area (Å²) < 4.78 is 11.1. The van der Waals surface area contributed by atoms with Gasteiger partial charge in [0, 0.05) is 37.2 Å². The summed E-state index contributed by atoms with van der Waals surface area (Å²) in [6, 6.07) is 6.91. The second-order valence-corrected chi connectivity index (χ2v) is 6.84. The van der Waals surface area contributed by atoms with Gasteiger partial charge in [0.1, 0.15) is 11.3 Å². The van der Waals surface area contributed by atoms with E-state index >= 15 is 0 Å². The van der Waals surface area contributed by atoms with E-state index in [1.165, 1.54) is 6.07 Å². The van der Waals surface area contributed by atoms with Crippen molar-refractivity contribution in [2.75, 3.05) is 33.2 Å². The van der Waals surface area contributed by atoms with Crippen molar-refractivity contribution in [3.8, 4) is 5.75 Å². The number of benzene rings is 1. The molecule has 1 aromatic carbocycles. The molecule has 2 heterocycles. The molecule has 1 unspecified atom stereocenters. The second-order valence-electron chi connectivity index (χ2n) is 6.84. The SMILES string of the molecule is CCc1cc(=O)oc2cc(OC(C)C(=O)N3CCCN(C)CC3)ccc12. The van der Waals surface area contributed by atoms with Crippen LogP contribution >= 0.6 is 0 Å². The fraction of sp³-hybridized carbons (Fsp3) is 0.500. The third kappa shape index (κ3) is 4.07. The number of likely N-dealkylation sites (N-methyl/N-ethyl adjacent to an activating group) is 1. The van der Waals surface area contributed by atoms with Gasteiger partial charge >= 0.3 is 5.63 Å². The Bertz CT molecular complexity index is 845. The number of aryl methyl sites for hydroxylation is 1. The predicted octanol–water partition coefficient (Wildman–Crippen LogP) is 2.29. The van der Waals surface area contributed by atoms with Gasteiger partial charge < -0.3 is 19.0 Å². The molecule has 140 valence electrons. The first-order valence-corrected chi connectivity index (χ1v) is 9.18. The highest BCUT2D eigenvalue weighted by Crippen LogP contribution is 2.24. The van der Waals surface area contributed by atoms with Crippen LogP contribution in [0.2, 0.25) is 0 Å². The normalized spacial score (nSPS) is 17.1. The Labute approximate surface area is 153 Å². The van der Waals surface area contributed by atoms with Crippen LogP contribution in [0, 0.1) is 0 Å². The lowest BCUT2D eigenvalue weighted by molar-refractivity contribution is -0.137. The topological polar surface area (TPSA) is 63.0 Å². The van der Waals surface area contributed by atoms with E-state index in [-0.39, 0.29) is 11.5 Å². The molecule has 0 bridgehead atoms. The Balaban J connectivity index is 1.75. The van der Waals surface area contributed by atoms with E-state index in [0.717, 1.165) is 50.0 Å². The maximum atomic E-state index is 12.7. The summed E-state index contributed by atoms with van der Waals surface area (Å²) in [4.78, 5) is 28.5. The van der Waals surface area contributed by atoms with E-state index < -0.39 is 6.10 Å². The minimum atomic E-state index is -0.586. The molecule has 1 aliphatic rings. The van der Waals surface area contributed by atoms with Gasteiger partial charge in [0.25, 0.3) is 5.91 Å². The van der Waals surface area contributed by atoms with Gasteiger partial charge in [0.15, 0.2) is 6.10 Å². The molecule has 1 saturated heterocycles. The van der Waals surface area contributed by atoms with Crippen molar-refractivity contribution in [3.05, 3.63) is 40.2 Å². The second kappa shape index (κ2) is 7.91. The van der Waals surface area contributed by atoms with Gasteiger partial charge in [-0.05, 0) is 51.1 Å². The molecule has 1 aromatic heterocycles. The molecule has 1 atom stereocenters. The zero-order chi connectivity index (χ0) is 18.7. The van der Waals surface area contributed by atoms with Crippen LogP contribution in [0.25, 0.3) is 11.0 Å². The Hall–Kier alpha value is -2.34. The Morgan fingerprint density at radius 1 is 1.23 bits per heavy atom. The molecule has 0 spiro atoms. The first-order chi connectivity index (χ1) is 12.5. The number of carbonyl (C=O) groups is 1. The highest BCUT2D eigenvalue weighted by Gasteiger charge is 2.24. The molecule has 6 heteroatoms. The van der Waals surface area contributed by atoms with E-state index in [0.29, 0.717) is 11.3 Å². The average Bonchev–Trinajstić information content (AvgIpc) is 2.84. The monoisotopic (exact) mass is 358 g/mol. The molecule has 1 aliphatic heterocycles. The van der Waals surface area contributed by atoms with Crippen molar-refractivity contribution in [2.24, 2.45) is 0 Å². The van der Waals surface area contributed by atoms with Crippen molar-refractivity contribution in [1.29, 1.82) is 0 Å². The first kappa shape index (κ1) is 18.5. The molecule has 1 amide bonds. The number of rotatable bonds is 4. The molecule has 1 fully saturated rings. The highest BCUT2D eigenvalue weighted by molar-refractivity contribution is 5.83. The van der Waals surface area contributed by atoms with Gasteiger partial charge in [-0.25, -0.2) is 4.79 Å². The molecule has 26 heavy (non-hydrogen) atoms. The third-order valence-electron chi connectivity index (χ3n) is 4.87. The van der Waals surface area contributed by atoms with Gasteiger partial charge in [0.05, 0.1) is 0 Å². The Kier molecular flexibility index (Phi) is 5.61. The van der Waals surface area contributed by atoms with E-state index in [1.807, 2.05) is 24.0 Å². The van der Waals surface area contributed by atoms with Gasteiger partial charge in [-0.3, -0.25) is 4.79 Å². The van der Waals surface area contributed by atoms with Gasteiger partial charge in [-0.15, -0.1) is 0 Å². The fourth-order valence-electron chi connectivity index (χ4n) is 3.35. The largest absolute Gasteiger partial charge is 0.481 e. The molecule has 3 rings (SSSR count). The molecule has 0 radical (unpaired) electrons. The molecule has 2 aromatic rings. The van der Waals surface area contributed by atoms with E-state index in [9.17, 15) is 9.59 Å². The maximum absolute atomic E-state index is 12.7. The first-order valence-electron chi connectivity index (χ1n) is 9.18. The number of hydrogen-bond donors (Lipinski definition) is 0. The number of amides is 1.